The highest BCUT2D eigenvalue weighted by atomic mass is 32.2. The van der Waals surface area contributed by atoms with Crippen molar-refractivity contribution in [1.82, 2.24) is 0 Å². The predicted octanol–water partition coefficient (Wildman–Crippen LogP) is -0.868. The second-order valence-corrected chi connectivity index (χ2v) is 7.39. The summed E-state index contributed by atoms with van der Waals surface area (Å²) in [7, 11) is -15.4. The maximum absolute atomic E-state index is 10.9. The van der Waals surface area contributed by atoms with E-state index in [2.05, 4.69) is 0 Å². The zero-order chi connectivity index (χ0) is 15.2. The van der Waals surface area contributed by atoms with Crippen LogP contribution in [-0.2, 0) is 30.4 Å². The van der Waals surface area contributed by atoms with E-state index in [9.17, 15) is 30.4 Å². The largest absolute Gasteiger partial charge is 0.505 e. The topological polar surface area (TPSA) is 183 Å². The van der Waals surface area contributed by atoms with Crippen molar-refractivity contribution in [3.63, 3.8) is 0 Å². The second kappa shape index (κ2) is 4.39. The molecule has 0 aliphatic carbocycles. The molecule has 0 amide bonds. The SMILES string of the molecule is O=S(=O)(O)c1cc(S(=O)(=O)O)c(O)c(S(=O)(=O)O)c1. The van der Waals surface area contributed by atoms with E-state index in [0.717, 1.165) is 0 Å². The Balaban J connectivity index is 4.00. The van der Waals surface area contributed by atoms with Crippen LogP contribution in [0.15, 0.2) is 26.8 Å². The molecule has 0 radical (unpaired) electrons. The van der Waals surface area contributed by atoms with Gasteiger partial charge in [-0.25, -0.2) is 0 Å². The van der Waals surface area contributed by atoms with Crippen molar-refractivity contribution < 1.29 is 44.0 Å². The molecule has 108 valence electrons. The highest BCUT2D eigenvalue weighted by molar-refractivity contribution is 7.87. The number of aromatic hydroxyl groups is 1. The molecule has 1 aromatic carbocycles. The lowest BCUT2D eigenvalue weighted by atomic mass is 10.3. The van der Waals surface area contributed by atoms with E-state index < -0.39 is 50.8 Å². The van der Waals surface area contributed by atoms with Gasteiger partial charge in [-0.15, -0.1) is 0 Å². The Kier molecular flexibility index (Phi) is 3.66. The van der Waals surface area contributed by atoms with Crippen LogP contribution in [0.5, 0.6) is 5.75 Å². The van der Waals surface area contributed by atoms with Crippen LogP contribution in [0, 0.1) is 0 Å². The Morgan fingerprint density at radius 2 is 1.00 bits per heavy atom. The fourth-order valence-corrected chi connectivity index (χ4v) is 3.11. The first-order chi connectivity index (χ1) is 8.24. The van der Waals surface area contributed by atoms with Gasteiger partial charge in [-0.3, -0.25) is 13.7 Å². The van der Waals surface area contributed by atoms with Gasteiger partial charge in [0.05, 0.1) is 4.90 Å². The zero-order valence-corrected chi connectivity index (χ0v) is 11.1. The van der Waals surface area contributed by atoms with Crippen molar-refractivity contribution >= 4 is 30.4 Å². The molecule has 0 aliphatic heterocycles. The number of rotatable bonds is 3. The van der Waals surface area contributed by atoms with Crippen LogP contribution in [0.4, 0.5) is 0 Å². The highest BCUT2D eigenvalue weighted by Gasteiger charge is 2.28. The molecule has 0 aliphatic rings. The first-order valence-corrected chi connectivity index (χ1v) is 8.36. The van der Waals surface area contributed by atoms with Crippen molar-refractivity contribution in [1.29, 1.82) is 0 Å². The monoisotopic (exact) mass is 334 g/mol. The summed E-state index contributed by atoms with van der Waals surface area (Å²) < 4.78 is 91.2. The molecular weight excluding hydrogens is 328 g/mol. The van der Waals surface area contributed by atoms with E-state index >= 15 is 0 Å². The molecule has 1 aromatic rings. The van der Waals surface area contributed by atoms with Crippen molar-refractivity contribution in [2.75, 3.05) is 0 Å². The van der Waals surface area contributed by atoms with Crippen molar-refractivity contribution in [2.45, 2.75) is 14.7 Å². The van der Waals surface area contributed by atoms with Crippen molar-refractivity contribution in [3.05, 3.63) is 12.1 Å². The van der Waals surface area contributed by atoms with Crippen LogP contribution in [-0.4, -0.2) is 44.0 Å². The fourth-order valence-electron chi connectivity index (χ4n) is 1.10. The van der Waals surface area contributed by atoms with E-state index in [4.69, 9.17) is 13.7 Å². The summed E-state index contributed by atoms with van der Waals surface area (Å²) in [6.45, 7) is 0. The maximum atomic E-state index is 10.9. The van der Waals surface area contributed by atoms with Crippen molar-refractivity contribution in [2.24, 2.45) is 0 Å². The van der Waals surface area contributed by atoms with Gasteiger partial charge in [0.15, 0.2) is 5.75 Å². The molecule has 0 unspecified atom stereocenters. The van der Waals surface area contributed by atoms with Gasteiger partial charge < -0.3 is 5.11 Å². The number of phenolic OH excluding ortho intramolecular Hbond substituents is 1. The van der Waals surface area contributed by atoms with E-state index in [1.165, 1.54) is 0 Å². The number of hydrogen-bond donors (Lipinski definition) is 4. The third-order valence-corrected chi connectivity index (χ3v) is 4.43. The average Bonchev–Trinajstić information content (AvgIpc) is 2.11. The van der Waals surface area contributed by atoms with Gasteiger partial charge in [0, 0.05) is 0 Å². The van der Waals surface area contributed by atoms with E-state index in [0.29, 0.717) is 0 Å². The molecule has 0 saturated heterocycles. The lowest BCUT2D eigenvalue weighted by Gasteiger charge is -2.08. The minimum absolute atomic E-state index is 0.120. The molecule has 0 heterocycles. The Bertz CT molecular complexity index is 776. The molecule has 4 N–H and O–H groups in total. The van der Waals surface area contributed by atoms with Gasteiger partial charge in [0.1, 0.15) is 9.79 Å². The Morgan fingerprint density at radius 3 is 1.21 bits per heavy atom. The summed E-state index contributed by atoms with van der Waals surface area (Å²) in [5, 5.41) is 9.30. The second-order valence-electron chi connectivity index (χ2n) is 3.19. The van der Waals surface area contributed by atoms with Crippen LogP contribution in [0.2, 0.25) is 0 Å². The lowest BCUT2D eigenvalue weighted by Crippen LogP contribution is -2.08. The number of benzene rings is 1. The summed E-state index contributed by atoms with van der Waals surface area (Å²) in [6, 6.07) is 0.239. The molecule has 10 nitrogen and oxygen atoms in total. The Morgan fingerprint density at radius 1 is 0.684 bits per heavy atom. The highest BCUT2D eigenvalue weighted by Crippen LogP contribution is 2.33. The maximum Gasteiger partial charge on any atom is 0.298 e. The minimum Gasteiger partial charge on any atom is -0.505 e. The molecule has 0 fully saturated rings. The van der Waals surface area contributed by atoms with Crippen LogP contribution >= 0.6 is 0 Å². The fraction of sp³-hybridized carbons (Fsp3) is 0. The smallest absolute Gasteiger partial charge is 0.298 e. The molecule has 0 saturated carbocycles. The molecular formula is C6H6O10S3. The first kappa shape index (κ1) is 15.8. The van der Waals surface area contributed by atoms with E-state index in [-0.39, 0.29) is 12.1 Å². The van der Waals surface area contributed by atoms with Gasteiger partial charge in [0.2, 0.25) is 0 Å². The summed E-state index contributed by atoms with van der Waals surface area (Å²) in [6.07, 6.45) is 0. The van der Waals surface area contributed by atoms with Gasteiger partial charge in [-0.1, -0.05) is 0 Å². The summed E-state index contributed by atoms with van der Waals surface area (Å²) in [5.41, 5.74) is 0. The molecule has 1 rings (SSSR count). The number of hydrogen-bond acceptors (Lipinski definition) is 7. The summed E-state index contributed by atoms with van der Waals surface area (Å²) >= 11 is 0. The predicted molar refractivity (Wildman–Crippen MR) is 57.6 cm³/mol. The van der Waals surface area contributed by atoms with Gasteiger partial charge in [0.25, 0.3) is 30.4 Å². The molecule has 19 heavy (non-hydrogen) atoms. The Hall–Kier alpha value is -1.25. The van der Waals surface area contributed by atoms with Crippen LogP contribution in [0.25, 0.3) is 0 Å². The third kappa shape index (κ3) is 3.40. The zero-order valence-electron chi connectivity index (χ0n) is 8.62. The first-order valence-electron chi connectivity index (χ1n) is 4.04. The molecule has 13 heteroatoms. The minimum atomic E-state index is -5.20. The normalized spacial score (nSPS) is 13.4. The molecule has 0 aromatic heterocycles. The lowest BCUT2D eigenvalue weighted by molar-refractivity contribution is 0.421. The van der Waals surface area contributed by atoms with Gasteiger partial charge in [-0.2, -0.15) is 25.3 Å². The molecule has 0 spiro atoms. The van der Waals surface area contributed by atoms with Gasteiger partial charge >= 0.3 is 0 Å². The quantitative estimate of drug-likeness (QED) is 0.507. The van der Waals surface area contributed by atoms with Crippen LogP contribution in [0.1, 0.15) is 0 Å². The third-order valence-electron chi connectivity index (χ3n) is 1.87. The summed E-state index contributed by atoms with van der Waals surface area (Å²) in [4.78, 5) is -4.27. The number of phenols is 1. The van der Waals surface area contributed by atoms with Crippen LogP contribution in [0.3, 0.4) is 0 Å². The van der Waals surface area contributed by atoms with E-state index in [1.807, 2.05) is 0 Å². The van der Waals surface area contributed by atoms with Crippen molar-refractivity contribution in [3.8, 4) is 5.75 Å². The standard InChI is InChI=1S/C6H6O10S3/c7-6-4(18(11,12)13)1-3(17(8,9)10)2-5(6)19(14,15)16/h1-2,7H,(H,8,9,10)(H,11,12,13)(H,14,15,16). The van der Waals surface area contributed by atoms with E-state index in [1.54, 1.807) is 0 Å². The van der Waals surface area contributed by atoms with Gasteiger partial charge in [-0.05, 0) is 12.1 Å². The average molecular weight is 334 g/mol. The molecule has 0 bridgehead atoms. The molecule has 0 atom stereocenters. The summed E-state index contributed by atoms with van der Waals surface area (Å²) in [5.74, 6) is -1.59. The Labute approximate surface area is 107 Å². The van der Waals surface area contributed by atoms with Crippen LogP contribution < -0.4 is 0 Å².